The zero-order valence-corrected chi connectivity index (χ0v) is 13.4. The summed E-state index contributed by atoms with van der Waals surface area (Å²) >= 11 is 0. The minimum Gasteiger partial charge on any atom is -0.489 e. The Labute approximate surface area is 135 Å². The van der Waals surface area contributed by atoms with Gasteiger partial charge < -0.3 is 20.4 Å². The minimum atomic E-state index is -0.562. The molecule has 0 fully saturated rings. The number of aryl methyl sites for hydroxylation is 2. The molecule has 0 spiro atoms. The summed E-state index contributed by atoms with van der Waals surface area (Å²) in [6, 6.07) is 7.23. The highest BCUT2D eigenvalue weighted by Gasteiger charge is 2.19. The largest absolute Gasteiger partial charge is 0.489 e. The van der Waals surface area contributed by atoms with Crippen LogP contribution in [0.5, 0.6) is 5.75 Å². The van der Waals surface area contributed by atoms with Gasteiger partial charge in [0, 0.05) is 13.2 Å². The molecule has 1 aromatic carbocycles. The number of para-hydroxylation sites is 2. The Morgan fingerprint density at radius 3 is 2.78 bits per heavy atom. The Morgan fingerprint density at radius 2 is 2.13 bits per heavy atom. The lowest BCUT2D eigenvalue weighted by Crippen LogP contribution is -2.17. The molecule has 0 saturated heterocycles. The summed E-state index contributed by atoms with van der Waals surface area (Å²) in [7, 11) is 1.79. The predicted molar refractivity (Wildman–Crippen MR) is 89.1 cm³/mol. The summed E-state index contributed by atoms with van der Waals surface area (Å²) in [5, 5.41) is 3.24. The van der Waals surface area contributed by atoms with Gasteiger partial charge in [0.25, 0.3) is 5.91 Å². The molecule has 3 N–H and O–H groups in total. The molecular formula is C17H22FN3O2. The quantitative estimate of drug-likeness (QED) is 0.785. The van der Waals surface area contributed by atoms with E-state index in [1.54, 1.807) is 17.7 Å². The molecule has 6 heteroatoms. The Balaban J connectivity index is 2.41. The first-order valence-electron chi connectivity index (χ1n) is 7.61. The van der Waals surface area contributed by atoms with E-state index in [1.807, 2.05) is 24.4 Å². The molecule has 1 amide bonds. The van der Waals surface area contributed by atoms with E-state index in [0.717, 1.165) is 18.4 Å². The molecule has 2 aromatic rings. The maximum absolute atomic E-state index is 12.4. The summed E-state index contributed by atoms with van der Waals surface area (Å²) < 4.78 is 19.5. The molecule has 0 aliphatic heterocycles. The third-order valence-corrected chi connectivity index (χ3v) is 3.49. The minimum absolute atomic E-state index is 0.0159. The molecule has 0 radical (unpaired) electrons. The molecule has 1 heterocycles. The van der Waals surface area contributed by atoms with Crippen molar-refractivity contribution in [3.63, 3.8) is 0 Å². The van der Waals surface area contributed by atoms with Crippen molar-refractivity contribution in [2.45, 2.75) is 19.8 Å². The number of primary amides is 1. The average molecular weight is 319 g/mol. The van der Waals surface area contributed by atoms with Crippen molar-refractivity contribution >= 4 is 17.3 Å². The number of nitrogens with two attached hydrogens (primary N) is 1. The van der Waals surface area contributed by atoms with Gasteiger partial charge in [-0.2, -0.15) is 0 Å². The Bertz CT molecular complexity index is 682. The molecule has 5 nitrogen and oxygen atoms in total. The third kappa shape index (κ3) is 3.83. The highest BCUT2D eigenvalue weighted by atomic mass is 19.1. The number of anilines is 2. The summed E-state index contributed by atoms with van der Waals surface area (Å²) in [6.07, 6.45) is 3.66. The van der Waals surface area contributed by atoms with Crippen LogP contribution in [-0.2, 0) is 13.5 Å². The third-order valence-electron chi connectivity index (χ3n) is 3.49. The summed E-state index contributed by atoms with van der Waals surface area (Å²) in [6.45, 7) is 1.49. The Morgan fingerprint density at radius 1 is 1.39 bits per heavy atom. The van der Waals surface area contributed by atoms with Crippen molar-refractivity contribution in [3.05, 3.63) is 41.7 Å². The van der Waals surface area contributed by atoms with Crippen LogP contribution in [-0.4, -0.2) is 23.8 Å². The van der Waals surface area contributed by atoms with Crippen molar-refractivity contribution in [1.82, 2.24) is 4.57 Å². The van der Waals surface area contributed by atoms with Crippen LogP contribution in [0.25, 0.3) is 0 Å². The standard InChI is InChI=1S/C17H22FN3O2/c1-3-6-12-11-21(2)16(17(19)22)15(12)20-13-7-4-5-8-14(13)23-10-9-18/h4-5,7-8,11,20H,3,6,9-10H2,1-2H3,(H2,19,22). The van der Waals surface area contributed by atoms with E-state index < -0.39 is 12.6 Å². The van der Waals surface area contributed by atoms with Crippen LogP contribution in [0, 0.1) is 0 Å². The molecule has 0 aliphatic rings. The SMILES string of the molecule is CCCc1cn(C)c(C(N)=O)c1Nc1ccccc1OCCF. The van der Waals surface area contributed by atoms with Crippen LogP contribution in [0.3, 0.4) is 0 Å². The van der Waals surface area contributed by atoms with E-state index in [-0.39, 0.29) is 6.61 Å². The lowest BCUT2D eigenvalue weighted by Gasteiger charge is -2.14. The number of nitrogens with zero attached hydrogens (tertiary/aromatic N) is 1. The first-order valence-corrected chi connectivity index (χ1v) is 7.61. The number of hydrogen-bond donors (Lipinski definition) is 2. The Hall–Kier alpha value is -2.50. The van der Waals surface area contributed by atoms with E-state index >= 15 is 0 Å². The zero-order valence-electron chi connectivity index (χ0n) is 13.4. The molecule has 0 aliphatic carbocycles. The van der Waals surface area contributed by atoms with Gasteiger partial charge in [-0.25, -0.2) is 4.39 Å². The van der Waals surface area contributed by atoms with Crippen LogP contribution in [0.15, 0.2) is 30.5 Å². The maximum atomic E-state index is 12.4. The van der Waals surface area contributed by atoms with E-state index in [4.69, 9.17) is 10.5 Å². The van der Waals surface area contributed by atoms with Gasteiger partial charge in [-0.1, -0.05) is 25.5 Å². The van der Waals surface area contributed by atoms with Gasteiger partial charge in [-0.05, 0) is 24.1 Å². The fraction of sp³-hybridized carbons (Fsp3) is 0.353. The fourth-order valence-corrected chi connectivity index (χ4v) is 2.57. The number of amides is 1. The van der Waals surface area contributed by atoms with Crippen molar-refractivity contribution in [2.24, 2.45) is 12.8 Å². The van der Waals surface area contributed by atoms with Gasteiger partial charge >= 0.3 is 0 Å². The topological polar surface area (TPSA) is 69.3 Å². The van der Waals surface area contributed by atoms with Crippen LogP contribution in [0.2, 0.25) is 0 Å². The monoisotopic (exact) mass is 319 g/mol. The van der Waals surface area contributed by atoms with E-state index in [1.165, 1.54) is 0 Å². The molecule has 124 valence electrons. The lowest BCUT2D eigenvalue weighted by atomic mass is 10.1. The van der Waals surface area contributed by atoms with Crippen LogP contribution >= 0.6 is 0 Å². The number of ether oxygens (including phenoxy) is 1. The maximum Gasteiger partial charge on any atom is 0.267 e. The van der Waals surface area contributed by atoms with Crippen molar-refractivity contribution in [3.8, 4) is 5.75 Å². The number of alkyl halides is 1. The zero-order chi connectivity index (χ0) is 16.8. The normalized spacial score (nSPS) is 10.6. The van der Waals surface area contributed by atoms with Gasteiger partial charge in [0.2, 0.25) is 0 Å². The fourth-order valence-electron chi connectivity index (χ4n) is 2.57. The molecule has 1 aromatic heterocycles. The van der Waals surface area contributed by atoms with Gasteiger partial charge in [0.05, 0.1) is 11.4 Å². The molecular weight excluding hydrogens is 297 g/mol. The Kier molecular flexibility index (Phi) is 5.62. The molecule has 2 rings (SSSR count). The number of benzene rings is 1. The van der Waals surface area contributed by atoms with Crippen LogP contribution < -0.4 is 15.8 Å². The highest BCUT2D eigenvalue weighted by Crippen LogP contribution is 2.32. The predicted octanol–water partition coefficient (Wildman–Crippen LogP) is 3.17. The molecule has 0 atom stereocenters. The smallest absolute Gasteiger partial charge is 0.267 e. The van der Waals surface area contributed by atoms with Gasteiger partial charge in [-0.15, -0.1) is 0 Å². The second kappa shape index (κ2) is 7.67. The van der Waals surface area contributed by atoms with Crippen LogP contribution in [0.4, 0.5) is 15.8 Å². The van der Waals surface area contributed by atoms with Gasteiger partial charge in [0.15, 0.2) is 0 Å². The van der Waals surface area contributed by atoms with Crippen molar-refractivity contribution in [1.29, 1.82) is 0 Å². The summed E-state index contributed by atoms with van der Waals surface area (Å²) in [4.78, 5) is 11.8. The molecule has 0 saturated carbocycles. The number of carbonyl (C=O) groups is 1. The molecule has 23 heavy (non-hydrogen) atoms. The summed E-state index contributed by atoms with van der Waals surface area (Å²) in [5.41, 5.74) is 8.28. The number of hydrogen-bond acceptors (Lipinski definition) is 3. The first-order chi connectivity index (χ1) is 11.1. The van der Waals surface area contributed by atoms with Crippen LogP contribution in [0.1, 0.15) is 29.4 Å². The average Bonchev–Trinajstić information content (AvgIpc) is 2.82. The van der Waals surface area contributed by atoms with Gasteiger partial charge in [-0.3, -0.25) is 4.79 Å². The van der Waals surface area contributed by atoms with E-state index in [0.29, 0.717) is 22.8 Å². The van der Waals surface area contributed by atoms with Gasteiger partial charge in [0.1, 0.15) is 24.7 Å². The van der Waals surface area contributed by atoms with E-state index in [9.17, 15) is 9.18 Å². The van der Waals surface area contributed by atoms with Crippen molar-refractivity contribution < 1.29 is 13.9 Å². The number of aromatic nitrogens is 1. The second-order valence-electron chi connectivity index (χ2n) is 5.26. The lowest BCUT2D eigenvalue weighted by molar-refractivity contribution is 0.0993. The number of halogens is 1. The van der Waals surface area contributed by atoms with Crippen molar-refractivity contribution in [2.75, 3.05) is 18.6 Å². The highest BCUT2D eigenvalue weighted by molar-refractivity contribution is 5.99. The number of rotatable bonds is 8. The molecule has 0 bridgehead atoms. The number of carbonyl (C=O) groups excluding carboxylic acids is 1. The first kappa shape index (κ1) is 16.9. The molecule has 0 unspecified atom stereocenters. The number of nitrogens with one attached hydrogen (secondary N) is 1. The summed E-state index contributed by atoms with van der Waals surface area (Å²) in [5.74, 6) is 0.0337. The van der Waals surface area contributed by atoms with E-state index in [2.05, 4.69) is 12.2 Å². The second-order valence-corrected chi connectivity index (χ2v) is 5.26.